The molecule has 0 unspecified atom stereocenters. The van der Waals surface area contributed by atoms with Gasteiger partial charge in [-0.3, -0.25) is 4.68 Å². The van der Waals surface area contributed by atoms with Gasteiger partial charge in [0.1, 0.15) is 0 Å². The second-order valence-corrected chi connectivity index (χ2v) is 2.46. The quantitative estimate of drug-likeness (QED) is 0.594. The standard InChI is InChI=1S/C7H9F3N4/c1-11-12-3-5-14-4-2-6(13-14)7(8,9)10/h2-4,11H,5H2,1H3/b12-3+. The zero-order chi connectivity index (χ0) is 10.6. The van der Waals surface area contributed by atoms with Crippen molar-refractivity contribution < 1.29 is 13.2 Å². The fourth-order valence-electron chi connectivity index (χ4n) is 0.830. The Hall–Kier alpha value is -1.53. The van der Waals surface area contributed by atoms with Crippen LogP contribution in [-0.4, -0.2) is 23.0 Å². The Bertz CT molecular complexity index is 315. The van der Waals surface area contributed by atoms with Crippen molar-refractivity contribution in [3.8, 4) is 0 Å². The second-order valence-electron chi connectivity index (χ2n) is 2.46. The largest absolute Gasteiger partial charge is 0.435 e. The third kappa shape index (κ3) is 2.75. The van der Waals surface area contributed by atoms with E-state index in [4.69, 9.17) is 0 Å². The second kappa shape index (κ2) is 4.12. The number of hydrogen-bond donors (Lipinski definition) is 1. The first-order valence-electron chi connectivity index (χ1n) is 3.83. The van der Waals surface area contributed by atoms with E-state index in [1.165, 1.54) is 12.4 Å². The highest BCUT2D eigenvalue weighted by Gasteiger charge is 2.33. The Morgan fingerprint density at radius 3 is 2.86 bits per heavy atom. The van der Waals surface area contributed by atoms with Crippen LogP contribution in [-0.2, 0) is 12.7 Å². The van der Waals surface area contributed by atoms with Gasteiger partial charge < -0.3 is 5.43 Å². The van der Waals surface area contributed by atoms with Crippen molar-refractivity contribution in [3.05, 3.63) is 18.0 Å². The van der Waals surface area contributed by atoms with Gasteiger partial charge in [0.15, 0.2) is 5.69 Å². The monoisotopic (exact) mass is 206 g/mol. The molecule has 0 aliphatic rings. The molecule has 0 saturated carbocycles. The molecule has 0 radical (unpaired) electrons. The van der Waals surface area contributed by atoms with Crippen molar-refractivity contribution in [2.75, 3.05) is 7.05 Å². The predicted molar refractivity (Wildman–Crippen MR) is 44.8 cm³/mol. The summed E-state index contributed by atoms with van der Waals surface area (Å²) in [6, 6.07) is 0.924. The van der Waals surface area contributed by atoms with E-state index in [1.807, 2.05) is 0 Å². The van der Waals surface area contributed by atoms with Gasteiger partial charge in [-0.05, 0) is 6.07 Å². The van der Waals surface area contributed by atoms with Crippen LogP contribution in [0.2, 0.25) is 0 Å². The third-order valence-electron chi connectivity index (χ3n) is 1.42. The Labute approximate surface area is 78.4 Å². The normalized spacial score (nSPS) is 12.3. The Balaban J connectivity index is 2.64. The average Bonchev–Trinajstić information content (AvgIpc) is 2.52. The van der Waals surface area contributed by atoms with Gasteiger partial charge in [0.2, 0.25) is 0 Å². The molecule has 14 heavy (non-hydrogen) atoms. The smallest absolute Gasteiger partial charge is 0.313 e. The lowest BCUT2D eigenvalue weighted by Gasteiger charge is -2.00. The number of hydrogen-bond acceptors (Lipinski definition) is 3. The number of nitrogens with zero attached hydrogens (tertiary/aromatic N) is 3. The van der Waals surface area contributed by atoms with Crippen LogP contribution < -0.4 is 5.43 Å². The highest BCUT2D eigenvalue weighted by atomic mass is 19.4. The topological polar surface area (TPSA) is 42.2 Å². The maximum Gasteiger partial charge on any atom is 0.435 e. The molecule has 1 aromatic heterocycles. The van der Waals surface area contributed by atoms with E-state index in [0.29, 0.717) is 0 Å². The molecule has 0 atom stereocenters. The van der Waals surface area contributed by atoms with Gasteiger partial charge in [-0.15, -0.1) is 0 Å². The molecule has 7 heteroatoms. The minimum absolute atomic E-state index is 0.205. The Morgan fingerprint density at radius 2 is 2.36 bits per heavy atom. The summed E-state index contributed by atoms with van der Waals surface area (Å²) in [5.41, 5.74) is 1.59. The van der Waals surface area contributed by atoms with Gasteiger partial charge in [-0.2, -0.15) is 23.4 Å². The summed E-state index contributed by atoms with van der Waals surface area (Å²) >= 11 is 0. The summed E-state index contributed by atoms with van der Waals surface area (Å²) in [5.74, 6) is 0. The molecule has 0 aromatic carbocycles. The van der Waals surface area contributed by atoms with Gasteiger partial charge in [-0.25, -0.2) is 0 Å². The fraction of sp³-hybridized carbons (Fsp3) is 0.429. The van der Waals surface area contributed by atoms with Crippen molar-refractivity contribution in [3.63, 3.8) is 0 Å². The van der Waals surface area contributed by atoms with E-state index in [1.54, 1.807) is 7.05 Å². The Kier molecular flexibility index (Phi) is 3.10. The highest BCUT2D eigenvalue weighted by Crippen LogP contribution is 2.26. The first-order chi connectivity index (χ1) is 6.54. The first-order valence-corrected chi connectivity index (χ1v) is 3.83. The molecular formula is C7H9F3N4. The van der Waals surface area contributed by atoms with Crippen LogP contribution >= 0.6 is 0 Å². The van der Waals surface area contributed by atoms with Crippen LogP contribution in [0.4, 0.5) is 13.2 Å². The van der Waals surface area contributed by atoms with Crippen LogP contribution in [0.3, 0.4) is 0 Å². The molecule has 1 heterocycles. The lowest BCUT2D eigenvalue weighted by Crippen LogP contribution is -2.09. The summed E-state index contributed by atoms with van der Waals surface area (Å²) in [4.78, 5) is 0. The molecule has 1 rings (SSSR count). The van der Waals surface area contributed by atoms with E-state index in [-0.39, 0.29) is 6.54 Å². The number of hydrazone groups is 1. The molecule has 1 N–H and O–H groups in total. The molecule has 4 nitrogen and oxygen atoms in total. The summed E-state index contributed by atoms with van der Waals surface area (Å²) in [6.07, 6.45) is -1.71. The van der Waals surface area contributed by atoms with E-state index < -0.39 is 11.9 Å². The average molecular weight is 206 g/mol. The van der Waals surface area contributed by atoms with E-state index >= 15 is 0 Å². The van der Waals surface area contributed by atoms with Crippen molar-refractivity contribution in [1.82, 2.24) is 15.2 Å². The lowest BCUT2D eigenvalue weighted by molar-refractivity contribution is -0.141. The van der Waals surface area contributed by atoms with Crippen molar-refractivity contribution in [2.45, 2.75) is 12.7 Å². The summed E-state index contributed by atoms with van der Waals surface area (Å²) < 4.78 is 37.4. The molecule has 0 fully saturated rings. The number of nitrogens with one attached hydrogen (secondary N) is 1. The van der Waals surface area contributed by atoms with Crippen LogP contribution in [0, 0.1) is 0 Å². The molecule has 78 valence electrons. The van der Waals surface area contributed by atoms with Crippen molar-refractivity contribution >= 4 is 6.21 Å². The zero-order valence-corrected chi connectivity index (χ0v) is 7.41. The minimum atomic E-state index is -4.38. The predicted octanol–water partition coefficient (Wildman–Crippen LogP) is 1.11. The number of alkyl halides is 3. The molecule has 0 spiro atoms. The lowest BCUT2D eigenvalue weighted by atomic mass is 10.4. The minimum Gasteiger partial charge on any atom is -0.313 e. The van der Waals surface area contributed by atoms with Gasteiger partial charge in [0.25, 0.3) is 0 Å². The van der Waals surface area contributed by atoms with E-state index in [0.717, 1.165) is 10.7 Å². The van der Waals surface area contributed by atoms with Gasteiger partial charge in [-0.1, -0.05) is 0 Å². The summed E-state index contributed by atoms with van der Waals surface area (Å²) in [5, 5.41) is 6.95. The van der Waals surface area contributed by atoms with Gasteiger partial charge >= 0.3 is 6.18 Å². The highest BCUT2D eigenvalue weighted by molar-refractivity contribution is 5.56. The number of aromatic nitrogens is 2. The van der Waals surface area contributed by atoms with Gasteiger partial charge in [0, 0.05) is 19.5 Å². The molecule has 0 saturated heterocycles. The van der Waals surface area contributed by atoms with Crippen molar-refractivity contribution in [2.24, 2.45) is 5.10 Å². The molecule has 0 amide bonds. The first kappa shape index (κ1) is 10.6. The molecule has 0 aliphatic heterocycles. The SMILES string of the molecule is CN/N=C/Cn1ccc(C(F)(F)F)n1. The summed E-state index contributed by atoms with van der Waals surface area (Å²) in [6.45, 7) is 0.205. The van der Waals surface area contributed by atoms with E-state index in [2.05, 4.69) is 15.6 Å². The van der Waals surface area contributed by atoms with Crippen LogP contribution in [0.15, 0.2) is 17.4 Å². The fourth-order valence-corrected chi connectivity index (χ4v) is 0.830. The molecule has 0 bridgehead atoms. The van der Waals surface area contributed by atoms with Crippen LogP contribution in [0.1, 0.15) is 5.69 Å². The van der Waals surface area contributed by atoms with Crippen LogP contribution in [0.5, 0.6) is 0 Å². The summed E-state index contributed by atoms with van der Waals surface area (Å²) in [7, 11) is 1.60. The third-order valence-corrected chi connectivity index (χ3v) is 1.42. The maximum absolute atomic E-state index is 12.1. The molecular weight excluding hydrogens is 197 g/mol. The number of rotatable bonds is 3. The number of halogens is 3. The van der Waals surface area contributed by atoms with Gasteiger partial charge in [0.05, 0.1) is 6.54 Å². The molecule has 1 aromatic rings. The van der Waals surface area contributed by atoms with E-state index in [9.17, 15) is 13.2 Å². The van der Waals surface area contributed by atoms with Crippen LogP contribution in [0.25, 0.3) is 0 Å². The van der Waals surface area contributed by atoms with Crippen molar-refractivity contribution in [1.29, 1.82) is 0 Å². The molecule has 0 aliphatic carbocycles. The maximum atomic E-state index is 12.1. The Morgan fingerprint density at radius 1 is 1.64 bits per heavy atom. The zero-order valence-electron chi connectivity index (χ0n) is 7.41.